The van der Waals surface area contributed by atoms with Gasteiger partial charge in [0.2, 0.25) is 11.7 Å². The van der Waals surface area contributed by atoms with Crippen molar-refractivity contribution in [2.75, 3.05) is 0 Å². The van der Waals surface area contributed by atoms with Crippen molar-refractivity contribution in [2.45, 2.75) is 45.5 Å². The number of benzene rings is 1. The van der Waals surface area contributed by atoms with E-state index in [-0.39, 0.29) is 11.6 Å². The zero-order chi connectivity index (χ0) is 16.3. The lowest BCUT2D eigenvalue weighted by atomic mass is 10.2. The van der Waals surface area contributed by atoms with E-state index in [0.29, 0.717) is 5.52 Å². The Balaban J connectivity index is 2.35. The molecule has 2 aromatic rings. The fraction of sp³-hybridized carbons (Fsp3) is 0.467. The molecule has 0 saturated carbocycles. The van der Waals surface area contributed by atoms with Crippen LogP contribution in [0.3, 0.4) is 0 Å². The average molecular weight is 313 g/mol. The monoisotopic (exact) mass is 313 g/mol. The lowest BCUT2D eigenvalue weighted by Gasteiger charge is -2.16. The SMILES string of the molecule is CCC(CC)NC(=O)Cn1c(C(F)(F)F)nc2ccccc21. The van der Waals surface area contributed by atoms with Gasteiger partial charge in [0.15, 0.2) is 0 Å². The number of imidazole rings is 1. The van der Waals surface area contributed by atoms with Crippen LogP contribution in [0, 0.1) is 0 Å². The zero-order valence-electron chi connectivity index (χ0n) is 12.4. The summed E-state index contributed by atoms with van der Waals surface area (Å²) in [6, 6.07) is 6.24. The first kappa shape index (κ1) is 16.3. The smallest absolute Gasteiger partial charge is 0.352 e. The number of hydrogen-bond donors (Lipinski definition) is 1. The molecule has 1 N–H and O–H groups in total. The highest BCUT2D eigenvalue weighted by Crippen LogP contribution is 2.31. The summed E-state index contributed by atoms with van der Waals surface area (Å²) in [7, 11) is 0. The summed E-state index contributed by atoms with van der Waals surface area (Å²) in [6.07, 6.45) is -3.13. The topological polar surface area (TPSA) is 46.9 Å². The molecule has 1 aromatic carbocycles. The molecule has 1 heterocycles. The summed E-state index contributed by atoms with van der Waals surface area (Å²) in [4.78, 5) is 15.6. The van der Waals surface area contributed by atoms with Gasteiger partial charge in [0.25, 0.3) is 0 Å². The lowest BCUT2D eigenvalue weighted by molar-refractivity contribution is -0.147. The Morgan fingerprint density at radius 1 is 1.27 bits per heavy atom. The van der Waals surface area contributed by atoms with E-state index >= 15 is 0 Å². The number of nitrogens with one attached hydrogen (secondary N) is 1. The molecule has 0 aliphatic heterocycles. The molecule has 0 aliphatic rings. The van der Waals surface area contributed by atoms with Gasteiger partial charge >= 0.3 is 6.18 Å². The summed E-state index contributed by atoms with van der Waals surface area (Å²) >= 11 is 0. The van der Waals surface area contributed by atoms with Gasteiger partial charge in [0.05, 0.1) is 11.0 Å². The molecule has 120 valence electrons. The van der Waals surface area contributed by atoms with E-state index in [1.165, 1.54) is 12.1 Å². The number of alkyl halides is 3. The molecule has 0 unspecified atom stereocenters. The minimum Gasteiger partial charge on any atom is -0.352 e. The number of aromatic nitrogens is 2. The first-order valence-corrected chi connectivity index (χ1v) is 7.18. The van der Waals surface area contributed by atoms with E-state index in [0.717, 1.165) is 17.4 Å². The molecule has 0 fully saturated rings. The highest BCUT2D eigenvalue weighted by atomic mass is 19.4. The highest BCUT2D eigenvalue weighted by Gasteiger charge is 2.38. The number of nitrogens with zero attached hydrogens (tertiary/aromatic N) is 2. The van der Waals surface area contributed by atoms with Crippen LogP contribution in [-0.4, -0.2) is 21.5 Å². The summed E-state index contributed by atoms with van der Waals surface area (Å²) in [5, 5.41) is 2.74. The van der Waals surface area contributed by atoms with E-state index in [1.54, 1.807) is 12.1 Å². The van der Waals surface area contributed by atoms with E-state index < -0.39 is 24.5 Å². The second-order valence-electron chi connectivity index (χ2n) is 5.09. The van der Waals surface area contributed by atoms with Gasteiger partial charge < -0.3 is 9.88 Å². The maximum Gasteiger partial charge on any atom is 0.449 e. The van der Waals surface area contributed by atoms with Crippen molar-refractivity contribution in [1.82, 2.24) is 14.9 Å². The van der Waals surface area contributed by atoms with Crippen molar-refractivity contribution in [3.63, 3.8) is 0 Å². The molecule has 22 heavy (non-hydrogen) atoms. The third-order valence-electron chi connectivity index (χ3n) is 3.56. The van der Waals surface area contributed by atoms with Crippen molar-refractivity contribution >= 4 is 16.9 Å². The van der Waals surface area contributed by atoms with Gasteiger partial charge in [-0.15, -0.1) is 0 Å². The highest BCUT2D eigenvalue weighted by molar-refractivity contribution is 5.81. The Morgan fingerprint density at radius 3 is 2.50 bits per heavy atom. The van der Waals surface area contributed by atoms with Crippen molar-refractivity contribution in [1.29, 1.82) is 0 Å². The molecule has 0 aliphatic carbocycles. The van der Waals surface area contributed by atoms with Crippen LogP contribution in [0.4, 0.5) is 13.2 Å². The van der Waals surface area contributed by atoms with Crippen LogP contribution in [0.15, 0.2) is 24.3 Å². The van der Waals surface area contributed by atoms with Gasteiger partial charge in [-0.1, -0.05) is 26.0 Å². The first-order valence-electron chi connectivity index (χ1n) is 7.18. The van der Waals surface area contributed by atoms with Gasteiger partial charge in [-0.05, 0) is 25.0 Å². The molecule has 0 radical (unpaired) electrons. The Hall–Kier alpha value is -2.05. The summed E-state index contributed by atoms with van der Waals surface area (Å²) in [6.45, 7) is 3.44. The summed E-state index contributed by atoms with van der Waals surface area (Å²) in [5.41, 5.74) is 0.527. The molecule has 2 rings (SSSR count). The fourth-order valence-electron chi connectivity index (χ4n) is 2.36. The molecule has 0 spiro atoms. The molecule has 7 heteroatoms. The number of amides is 1. The Labute approximate surface area is 126 Å². The first-order chi connectivity index (χ1) is 10.4. The second kappa shape index (κ2) is 6.37. The predicted octanol–water partition coefficient (Wildman–Crippen LogP) is 3.36. The van der Waals surface area contributed by atoms with Crippen LogP contribution < -0.4 is 5.32 Å². The molecule has 0 bridgehead atoms. The molecule has 1 aromatic heterocycles. The van der Waals surface area contributed by atoms with Crippen molar-refractivity contribution in [3.05, 3.63) is 30.1 Å². The lowest BCUT2D eigenvalue weighted by Crippen LogP contribution is -2.36. The Morgan fingerprint density at radius 2 is 1.91 bits per heavy atom. The van der Waals surface area contributed by atoms with Crippen LogP contribution in [0.2, 0.25) is 0 Å². The number of fused-ring (bicyclic) bond motifs is 1. The van der Waals surface area contributed by atoms with Crippen LogP contribution in [0.1, 0.15) is 32.5 Å². The second-order valence-corrected chi connectivity index (χ2v) is 5.09. The molecule has 1 amide bonds. The average Bonchev–Trinajstić information content (AvgIpc) is 2.84. The molecule has 0 atom stereocenters. The zero-order valence-corrected chi connectivity index (χ0v) is 12.4. The quantitative estimate of drug-likeness (QED) is 0.920. The molecule has 0 saturated heterocycles. The van der Waals surface area contributed by atoms with Crippen LogP contribution in [0.5, 0.6) is 0 Å². The van der Waals surface area contributed by atoms with E-state index in [1.807, 2.05) is 13.8 Å². The van der Waals surface area contributed by atoms with Crippen molar-refractivity contribution in [3.8, 4) is 0 Å². The van der Waals surface area contributed by atoms with E-state index in [2.05, 4.69) is 10.3 Å². The number of hydrogen-bond acceptors (Lipinski definition) is 2. The molecular formula is C15H18F3N3O. The summed E-state index contributed by atoms with van der Waals surface area (Å²) < 4.78 is 40.3. The van der Waals surface area contributed by atoms with Gasteiger partial charge in [-0.25, -0.2) is 4.98 Å². The van der Waals surface area contributed by atoms with Gasteiger partial charge in [-0.2, -0.15) is 13.2 Å². The minimum atomic E-state index is -4.60. The standard InChI is InChI=1S/C15H18F3N3O/c1-3-10(4-2)19-13(22)9-21-12-8-6-5-7-11(12)20-14(21)15(16,17)18/h5-8,10H,3-4,9H2,1-2H3,(H,19,22). The van der Waals surface area contributed by atoms with E-state index in [4.69, 9.17) is 0 Å². The molecular weight excluding hydrogens is 295 g/mol. The van der Waals surface area contributed by atoms with Crippen LogP contribution >= 0.6 is 0 Å². The largest absolute Gasteiger partial charge is 0.449 e. The number of carbonyl (C=O) groups excluding carboxylic acids is 1. The third kappa shape index (κ3) is 3.40. The Kier molecular flexibility index (Phi) is 4.73. The normalized spacial score (nSPS) is 12.1. The Bertz CT molecular complexity index is 660. The number of carbonyl (C=O) groups is 1. The summed E-state index contributed by atoms with van der Waals surface area (Å²) in [5.74, 6) is -1.49. The van der Waals surface area contributed by atoms with E-state index in [9.17, 15) is 18.0 Å². The maximum absolute atomic E-state index is 13.1. The number of rotatable bonds is 5. The van der Waals surface area contributed by atoms with Crippen molar-refractivity contribution in [2.24, 2.45) is 0 Å². The number of para-hydroxylation sites is 2. The van der Waals surface area contributed by atoms with Crippen LogP contribution in [0.25, 0.3) is 11.0 Å². The number of halogens is 3. The van der Waals surface area contributed by atoms with Crippen LogP contribution in [-0.2, 0) is 17.5 Å². The van der Waals surface area contributed by atoms with Gasteiger partial charge in [-0.3, -0.25) is 4.79 Å². The van der Waals surface area contributed by atoms with Gasteiger partial charge in [0.1, 0.15) is 6.54 Å². The predicted molar refractivity (Wildman–Crippen MR) is 77.2 cm³/mol. The van der Waals surface area contributed by atoms with Gasteiger partial charge in [0, 0.05) is 6.04 Å². The molecule has 4 nitrogen and oxygen atoms in total. The third-order valence-corrected chi connectivity index (χ3v) is 3.56. The van der Waals surface area contributed by atoms with Crippen molar-refractivity contribution < 1.29 is 18.0 Å². The maximum atomic E-state index is 13.1. The minimum absolute atomic E-state index is 0.0309. The fourth-order valence-corrected chi connectivity index (χ4v) is 2.36.